The van der Waals surface area contributed by atoms with Gasteiger partial charge in [-0.3, -0.25) is 0 Å². The van der Waals surface area contributed by atoms with Crippen molar-refractivity contribution in [3.05, 3.63) is 48.5 Å². The molecule has 20 heavy (non-hydrogen) atoms. The van der Waals surface area contributed by atoms with Crippen molar-refractivity contribution in [2.45, 2.75) is 0 Å². The second-order valence-electron chi connectivity index (χ2n) is 4.32. The molecule has 0 fully saturated rings. The number of nitrogens with zero attached hydrogens (tertiary/aromatic N) is 1. The zero-order valence-electron chi connectivity index (χ0n) is 10.4. The molecule has 0 spiro atoms. The third-order valence-corrected chi connectivity index (χ3v) is 3.85. The quantitative estimate of drug-likeness (QED) is 0.673. The van der Waals surface area contributed by atoms with Crippen molar-refractivity contribution in [3.8, 4) is 33.2 Å². The van der Waals surface area contributed by atoms with Crippen LogP contribution in [0.1, 0.15) is 0 Å². The highest BCUT2D eigenvalue weighted by molar-refractivity contribution is 7.19. The molecule has 0 aliphatic carbocycles. The monoisotopic (exact) mass is 284 g/mol. The van der Waals surface area contributed by atoms with E-state index in [2.05, 4.69) is 4.98 Å². The second-order valence-corrected chi connectivity index (χ2v) is 5.35. The van der Waals surface area contributed by atoms with E-state index >= 15 is 0 Å². The molecule has 1 heterocycles. The van der Waals surface area contributed by atoms with E-state index in [9.17, 15) is 10.2 Å². The lowest BCUT2D eigenvalue weighted by molar-refractivity contribution is 0.475. The molecule has 0 atom stereocenters. The Kier molecular flexibility index (Phi) is 3.04. The van der Waals surface area contributed by atoms with Gasteiger partial charge in [-0.2, -0.15) is 0 Å². The van der Waals surface area contributed by atoms with E-state index in [1.807, 2.05) is 12.1 Å². The minimum atomic E-state index is 0.211. The maximum Gasteiger partial charge on any atom is 0.181 e. The van der Waals surface area contributed by atoms with Gasteiger partial charge >= 0.3 is 0 Å². The standard InChI is InChI=1S/C15H12N2O2S/c16-15-17-13(9-1-5-11(18)6-2-9)14(20-15)10-3-7-12(19)8-4-10/h1-8,18-19H,(H2,16,17). The fourth-order valence-electron chi connectivity index (χ4n) is 1.96. The summed E-state index contributed by atoms with van der Waals surface area (Å²) in [4.78, 5) is 5.30. The Morgan fingerprint density at radius 2 is 1.30 bits per heavy atom. The molecule has 5 heteroatoms. The van der Waals surface area contributed by atoms with Gasteiger partial charge in [-0.1, -0.05) is 11.3 Å². The van der Waals surface area contributed by atoms with E-state index in [1.165, 1.54) is 11.3 Å². The first-order valence-electron chi connectivity index (χ1n) is 5.98. The predicted molar refractivity (Wildman–Crippen MR) is 80.7 cm³/mol. The van der Waals surface area contributed by atoms with E-state index in [0.29, 0.717) is 5.13 Å². The van der Waals surface area contributed by atoms with Gasteiger partial charge in [-0.05, 0) is 54.1 Å². The summed E-state index contributed by atoms with van der Waals surface area (Å²) < 4.78 is 0. The van der Waals surface area contributed by atoms with Crippen LogP contribution >= 0.6 is 11.3 Å². The van der Waals surface area contributed by atoms with Gasteiger partial charge in [0, 0.05) is 5.56 Å². The zero-order valence-corrected chi connectivity index (χ0v) is 11.3. The summed E-state index contributed by atoms with van der Waals surface area (Å²) >= 11 is 1.39. The Labute approximate surface area is 119 Å². The van der Waals surface area contributed by atoms with Crippen LogP contribution < -0.4 is 5.73 Å². The zero-order chi connectivity index (χ0) is 14.1. The van der Waals surface area contributed by atoms with Crippen LogP contribution in [0.3, 0.4) is 0 Å². The van der Waals surface area contributed by atoms with Gasteiger partial charge in [-0.15, -0.1) is 0 Å². The normalized spacial score (nSPS) is 10.6. The van der Waals surface area contributed by atoms with Crippen molar-refractivity contribution in [2.24, 2.45) is 0 Å². The number of phenolic OH excluding ortho intramolecular Hbond substituents is 2. The molecule has 4 N–H and O–H groups in total. The molecular formula is C15H12N2O2S. The molecule has 0 radical (unpaired) electrons. The lowest BCUT2D eigenvalue weighted by Gasteiger charge is -2.03. The molecule has 0 amide bonds. The fraction of sp³-hybridized carbons (Fsp3) is 0. The number of phenols is 2. The van der Waals surface area contributed by atoms with Crippen LogP contribution in [0, 0.1) is 0 Å². The van der Waals surface area contributed by atoms with Crippen molar-refractivity contribution in [3.63, 3.8) is 0 Å². The smallest absolute Gasteiger partial charge is 0.181 e. The topological polar surface area (TPSA) is 79.4 Å². The number of aromatic nitrogens is 1. The minimum Gasteiger partial charge on any atom is -0.508 e. The Morgan fingerprint density at radius 3 is 1.85 bits per heavy atom. The van der Waals surface area contributed by atoms with Crippen LogP contribution in [0.4, 0.5) is 5.13 Å². The van der Waals surface area contributed by atoms with Crippen LogP contribution in [0.5, 0.6) is 11.5 Å². The maximum atomic E-state index is 9.36. The van der Waals surface area contributed by atoms with Crippen molar-refractivity contribution in [1.82, 2.24) is 4.98 Å². The average Bonchev–Trinajstić information content (AvgIpc) is 2.82. The van der Waals surface area contributed by atoms with Gasteiger partial charge in [0.15, 0.2) is 5.13 Å². The highest BCUT2D eigenvalue weighted by Crippen LogP contribution is 2.38. The minimum absolute atomic E-state index is 0.211. The van der Waals surface area contributed by atoms with E-state index < -0.39 is 0 Å². The van der Waals surface area contributed by atoms with Crippen LogP contribution in [0.15, 0.2) is 48.5 Å². The van der Waals surface area contributed by atoms with Gasteiger partial charge in [0.2, 0.25) is 0 Å². The van der Waals surface area contributed by atoms with Gasteiger partial charge in [0.05, 0.1) is 10.6 Å². The number of aromatic hydroxyl groups is 2. The highest BCUT2D eigenvalue weighted by Gasteiger charge is 2.13. The number of hydrogen-bond acceptors (Lipinski definition) is 5. The number of nitrogen functional groups attached to an aromatic ring is 1. The number of nitrogens with two attached hydrogens (primary N) is 1. The van der Waals surface area contributed by atoms with Crippen LogP contribution in [0.25, 0.3) is 21.7 Å². The largest absolute Gasteiger partial charge is 0.508 e. The first-order valence-corrected chi connectivity index (χ1v) is 6.80. The van der Waals surface area contributed by atoms with Gasteiger partial charge in [-0.25, -0.2) is 4.98 Å². The number of hydrogen-bond donors (Lipinski definition) is 3. The van der Waals surface area contributed by atoms with Crippen LogP contribution in [-0.2, 0) is 0 Å². The molecule has 3 rings (SSSR count). The summed E-state index contributed by atoms with van der Waals surface area (Å²) in [6, 6.07) is 13.7. The third-order valence-electron chi connectivity index (χ3n) is 2.91. The van der Waals surface area contributed by atoms with Crippen LogP contribution in [0.2, 0.25) is 0 Å². The molecule has 0 aliphatic heterocycles. The molecule has 0 saturated heterocycles. The summed E-state index contributed by atoms with van der Waals surface area (Å²) in [6.07, 6.45) is 0. The highest BCUT2D eigenvalue weighted by atomic mass is 32.1. The molecule has 0 bridgehead atoms. The second kappa shape index (κ2) is 4.86. The molecule has 4 nitrogen and oxygen atoms in total. The number of thiazole rings is 1. The molecule has 2 aromatic carbocycles. The first kappa shape index (κ1) is 12.5. The number of rotatable bonds is 2. The van der Waals surface area contributed by atoms with E-state index in [1.54, 1.807) is 36.4 Å². The van der Waals surface area contributed by atoms with Gasteiger partial charge < -0.3 is 15.9 Å². The first-order chi connectivity index (χ1) is 9.63. The average molecular weight is 284 g/mol. The molecule has 0 saturated carbocycles. The van der Waals surface area contributed by atoms with E-state index in [-0.39, 0.29) is 11.5 Å². The van der Waals surface area contributed by atoms with Crippen molar-refractivity contribution < 1.29 is 10.2 Å². The summed E-state index contributed by atoms with van der Waals surface area (Å²) in [5.41, 5.74) is 8.43. The van der Waals surface area contributed by atoms with E-state index in [4.69, 9.17) is 5.73 Å². The molecule has 3 aromatic rings. The Morgan fingerprint density at radius 1 is 0.800 bits per heavy atom. The molecule has 0 unspecified atom stereocenters. The number of anilines is 1. The summed E-state index contributed by atoms with van der Waals surface area (Å²) in [7, 11) is 0. The van der Waals surface area contributed by atoms with Crippen molar-refractivity contribution in [1.29, 1.82) is 0 Å². The number of benzene rings is 2. The Hall–Kier alpha value is -2.53. The van der Waals surface area contributed by atoms with Gasteiger partial charge in [0.25, 0.3) is 0 Å². The van der Waals surface area contributed by atoms with E-state index in [0.717, 1.165) is 21.7 Å². The lowest BCUT2D eigenvalue weighted by atomic mass is 10.1. The van der Waals surface area contributed by atoms with Crippen LogP contribution in [-0.4, -0.2) is 15.2 Å². The maximum absolute atomic E-state index is 9.36. The lowest BCUT2D eigenvalue weighted by Crippen LogP contribution is -1.84. The summed E-state index contributed by atoms with van der Waals surface area (Å²) in [5, 5.41) is 19.2. The predicted octanol–water partition coefficient (Wildman–Crippen LogP) is 3.47. The molecule has 1 aromatic heterocycles. The van der Waals surface area contributed by atoms with Gasteiger partial charge in [0.1, 0.15) is 11.5 Å². The molecular weight excluding hydrogens is 272 g/mol. The Bertz CT molecular complexity index is 671. The molecule has 100 valence electrons. The fourth-order valence-corrected chi connectivity index (χ4v) is 2.82. The SMILES string of the molecule is Nc1nc(-c2ccc(O)cc2)c(-c2ccc(O)cc2)s1. The Balaban J connectivity index is 2.12. The molecule has 0 aliphatic rings. The summed E-state index contributed by atoms with van der Waals surface area (Å²) in [5.74, 6) is 0.431. The van der Waals surface area contributed by atoms with Crippen molar-refractivity contribution in [2.75, 3.05) is 5.73 Å². The van der Waals surface area contributed by atoms with Crippen molar-refractivity contribution >= 4 is 16.5 Å². The summed E-state index contributed by atoms with van der Waals surface area (Å²) in [6.45, 7) is 0. The third kappa shape index (κ3) is 2.31.